The molecule has 90 valence electrons. The van der Waals surface area contributed by atoms with Crippen molar-refractivity contribution in [3.63, 3.8) is 0 Å². The second kappa shape index (κ2) is 7.36. The molecule has 0 saturated carbocycles. The summed E-state index contributed by atoms with van der Waals surface area (Å²) in [7, 11) is 0. The van der Waals surface area contributed by atoms with E-state index in [0.717, 1.165) is 0 Å². The Balaban J connectivity index is 0.00000162. The van der Waals surface area contributed by atoms with Gasteiger partial charge in [-0.15, -0.1) is 0 Å². The molecule has 0 saturated heterocycles. The predicted octanol–water partition coefficient (Wildman–Crippen LogP) is 4.50. The van der Waals surface area contributed by atoms with Crippen LogP contribution in [-0.2, 0) is 0 Å². The first-order chi connectivity index (χ1) is 8.06. The van der Waals surface area contributed by atoms with Gasteiger partial charge in [0, 0.05) is 16.1 Å². The van der Waals surface area contributed by atoms with Crippen molar-refractivity contribution in [3.8, 4) is 17.2 Å². The molecule has 0 heterocycles. The van der Waals surface area contributed by atoms with Crippen molar-refractivity contribution in [3.05, 3.63) is 51.5 Å². The summed E-state index contributed by atoms with van der Waals surface area (Å²) in [6.07, 6.45) is 0. The fraction of sp³-hybridized carbons (Fsp3) is 0. The van der Waals surface area contributed by atoms with E-state index >= 15 is 0 Å². The standard InChI is InChI=1S/C12H7Cl3O2.K.H/c13-7-1-3-11(9(15)5-7)17-12-4-2-8(14)6-10(12)16;;/h1-6,16H;;. The summed E-state index contributed by atoms with van der Waals surface area (Å²) < 4.78 is 5.45. The summed E-state index contributed by atoms with van der Waals surface area (Å²) in [4.78, 5) is 0. The van der Waals surface area contributed by atoms with E-state index in [4.69, 9.17) is 39.5 Å². The van der Waals surface area contributed by atoms with Crippen molar-refractivity contribution in [2.24, 2.45) is 0 Å². The van der Waals surface area contributed by atoms with Crippen LogP contribution >= 0.6 is 34.8 Å². The maximum atomic E-state index is 9.62. The molecule has 2 aromatic carbocycles. The van der Waals surface area contributed by atoms with Crippen LogP contribution in [0, 0.1) is 0 Å². The Kier molecular flexibility index (Phi) is 6.79. The Morgan fingerprint density at radius 3 is 1.94 bits per heavy atom. The Labute approximate surface area is 162 Å². The van der Waals surface area contributed by atoms with E-state index in [2.05, 4.69) is 0 Å². The van der Waals surface area contributed by atoms with Crippen molar-refractivity contribution in [1.82, 2.24) is 0 Å². The Morgan fingerprint density at radius 2 is 1.39 bits per heavy atom. The topological polar surface area (TPSA) is 29.5 Å². The molecule has 0 fully saturated rings. The van der Waals surface area contributed by atoms with Gasteiger partial charge in [-0.25, -0.2) is 0 Å². The molecule has 0 atom stereocenters. The zero-order chi connectivity index (χ0) is 12.4. The number of hydrogen-bond donors (Lipinski definition) is 1. The molecule has 0 aliphatic carbocycles. The molecule has 0 bridgehead atoms. The Bertz CT molecular complexity index is 512. The molecule has 0 unspecified atom stereocenters. The molecule has 0 aliphatic heterocycles. The quantitative estimate of drug-likeness (QED) is 0.822. The normalized spacial score (nSPS) is 9.72. The fourth-order valence-electron chi connectivity index (χ4n) is 1.25. The molecule has 0 radical (unpaired) electrons. The van der Waals surface area contributed by atoms with Gasteiger partial charge in [0.2, 0.25) is 0 Å². The molecule has 0 amide bonds. The second-order valence-electron chi connectivity index (χ2n) is 3.29. The number of benzene rings is 2. The SMILES string of the molecule is Oc1cc(Cl)ccc1Oc1ccc(Cl)cc1Cl.[KH]. The first kappa shape index (κ1) is 16.6. The van der Waals surface area contributed by atoms with Crippen LogP contribution in [-0.4, -0.2) is 56.5 Å². The van der Waals surface area contributed by atoms with Crippen LogP contribution < -0.4 is 4.74 Å². The third-order valence-corrected chi connectivity index (χ3v) is 2.80. The molecule has 2 aromatic rings. The van der Waals surface area contributed by atoms with Gasteiger partial charge in [-0.05, 0) is 30.3 Å². The number of rotatable bonds is 2. The molecule has 6 heteroatoms. The third-order valence-electron chi connectivity index (χ3n) is 2.03. The van der Waals surface area contributed by atoms with Crippen LogP contribution in [0.3, 0.4) is 0 Å². The first-order valence-corrected chi connectivity index (χ1v) is 5.81. The molecule has 2 nitrogen and oxygen atoms in total. The van der Waals surface area contributed by atoms with E-state index in [1.807, 2.05) is 0 Å². The third kappa shape index (κ3) is 4.29. The average Bonchev–Trinajstić information content (AvgIpc) is 2.25. The van der Waals surface area contributed by atoms with Gasteiger partial charge >= 0.3 is 51.4 Å². The van der Waals surface area contributed by atoms with Crippen LogP contribution in [0.25, 0.3) is 0 Å². The minimum absolute atomic E-state index is 0. The van der Waals surface area contributed by atoms with Gasteiger partial charge in [0.1, 0.15) is 5.75 Å². The molecule has 0 aromatic heterocycles. The van der Waals surface area contributed by atoms with Crippen LogP contribution in [0.15, 0.2) is 36.4 Å². The molecular formula is C12H8Cl3KO2. The van der Waals surface area contributed by atoms with E-state index in [1.165, 1.54) is 6.07 Å². The van der Waals surface area contributed by atoms with Gasteiger partial charge in [0.25, 0.3) is 0 Å². The van der Waals surface area contributed by atoms with Gasteiger partial charge in [0.05, 0.1) is 5.02 Å². The first-order valence-electron chi connectivity index (χ1n) is 4.67. The second-order valence-corrected chi connectivity index (χ2v) is 4.57. The number of aromatic hydroxyl groups is 1. The molecule has 0 aliphatic rings. The van der Waals surface area contributed by atoms with Crippen LogP contribution in [0.1, 0.15) is 0 Å². The average molecular weight is 330 g/mol. The van der Waals surface area contributed by atoms with Gasteiger partial charge in [0.15, 0.2) is 11.5 Å². The predicted molar refractivity (Wildman–Crippen MR) is 76.8 cm³/mol. The van der Waals surface area contributed by atoms with Crippen molar-refractivity contribution in [1.29, 1.82) is 0 Å². The van der Waals surface area contributed by atoms with E-state index < -0.39 is 0 Å². The summed E-state index contributed by atoms with van der Waals surface area (Å²) >= 11 is 17.4. The van der Waals surface area contributed by atoms with Crippen molar-refractivity contribution >= 4 is 86.2 Å². The van der Waals surface area contributed by atoms with Crippen LogP contribution in [0.2, 0.25) is 15.1 Å². The molecule has 2 rings (SSSR count). The van der Waals surface area contributed by atoms with Gasteiger partial charge in [-0.3, -0.25) is 0 Å². The summed E-state index contributed by atoms with van der Waals surface area (Å²) in [5.74, 6) is 0.635. The zero-order valence-electron chi connectivity index (χ0n) is 8.45. The summed E-state index contributed by atoms with van der Waals surface area (Å²) in [6, 6.07) is 9.39. The van der Waals surface area contributed by atoms with Crippen molar-refractivity contribution in [2.45, 2.75) is 0 Å². The summed E-state index contributed by atoms with van der Waals surface area (Å²) in [6.45, 7) is 0. The summed E-state index contributed by atoms with van der Waals surface area (Å²) in [5.41, 5.74) is 0. The van der Waals surface area contributed by atoms with E-state index in [1.54, 1.807) is 30.3 Å². The number of hydrogen-bond acceptors (Lipinski definition) is 2. The molecule has 0 spiro atoms. The van der Waals surface area contributed by atoms with E-state index in [-0.39, 0.29) is 62.9 Å². The number of phenols is 1. The summed E-state index contributed by atoms with van der Waals surface area (Å²) in [5, 5.41) is 10.9. The van der Waals surface area contributed by atoms with Crippen molar-refractivity contribution < 1.29 is 9.84 Å². The number of halogens is 3. The zero-order valence-corrected chi connectivity index (χ0v) is 10.7. The maximum absolute atomic E-state index is 9.62. The van der Waals surface area contributed by atoms with E-state index in [9.17, 15) is 5.11 Å². The Morgan fingerprint density at radius 1 is 0.833 bits per heavy atom. The van der Waals surface area contributed by atoms with Crippen LogP contribution in [0.4, 0.5) is 0 Å². The Hall–Kier alpha value is 0.546. The number of phenolic OH excluding ortho intramolecular Hbond substituents is 1. The minimum atomic E-state index is -0.0523. The monoisotopic (exact) mass is 328 g/mol. The molecular weight excluding hydrogens is 322 g/mol. The van der Waals surface area contributed by atoms with Crippen molar-refractivity contribution in [2.75, 3.05) is 0 Å². The van der Waals surface area contributed by atoms with Gasteiger partial charge < -0.3 is 9.84 Å². The molecule has 1 N–H and O–H groups in total. The van der Waals surface area contributed by atoms with E-state index in [0.29, 0.717) is 20.8 Å². The van der Waals surface area contributed by atoms with Gasteiger partial charge in [-0.2, -0.15) is 0 Å². The number of ether oxygens (including phenoxy) is 1. The van der Waals surface area contributed by atoms with Gasteiger partial charge in [-0.1, -0.05) is 34.8 Å². The van der Waals surface area contributed by atoms with Crippen LogP contribution in [0.5, 0.6) is 17.2 Å². The fourth-order valence-corrected chi connectivity index (χ4v) is 1.87. The molecule has 18 heavy (non-hydrogen) atoms.